The smallest absolute Gasteiger partial charge is 0.162 e. The van der Waals surface area contributed by atoms with Gasteiger partial charge in [0.1, 0.15) is 18.0 Å². The van der Waals surface area contributed by atoms with Crippen molar-refractivity contribution in [3.63, 3.8) is 0 Å². The first-order valence-electron chi connectivity index (χ1n) is 12.7. The molecular formula is C27H33ClFN5O2. The van der Waals surface area contributed by atoms with Crippen LogP contribution in [0.15, 0.2) is 36.7 Å². The number of anilines is 2. The molecule has 1 aromatic heterocycles. The molecule has 3 aromatic rings. The topological polar surface area (TPSA) is 62.8 Å². The van der Waals surface area contributed by atoms with Gasteiger partial charge in [0.25, 0.3) is 0 Å². The first kappa shape index (κ1) is 25.0. The first-order valence-corrected chi connectivity index (χ1v) is 13.1. The van der Waals surface area contributed by atoms with Gasteiger partial charge in [-0.1, -0.05) is 18.5 Å². The lowest BCUT2D eigenvalue weighted by atomic mass is 9.93. The van der Waals surface area contributed by atoms with Gasteiger partial charge in [-0.25, -0.2) is 14.4 Å². The van der Waals surface area contributed by atoms with Crippen molar-refractivity contribution in [1.29, 1.82) is 0 Å². The number of hydrogen-bond donors (Lipinski definition) is 1. The molecule has 9 heteroatoms. The predicted octanol–water partition coefficient (Wildman–Crippen LogP) is 5.36. The van der Waals surface area contributed by atoms with Crippen molar-refractivity contribution < 1.29 is 13.9 Å². The third-order valence-corrected chi connectivity index (χ3v) is 7.72. The number of piperidine rings is 1. The van der Waals surface area contributed by atoms with E-state index in [9.17, 15) is 4.39 Å². The SMILES string of the molecule is CCN1CCC2C(CCN2CCCOc2cc3c(Nc4ccc(F)c(Cl)c4)ncnc3cc2OC)C1. The van der Waals surface area contributed by atoms with E-state index >= 15 is 0 Å². The highest BCUT2D eigenvalue weighted by Crippen LogP contribution is 2.35. The van der Waals surface area contributed by atoms with Crippen LogP contribution in [0.5, 0.6) is 11.5 Å². The minimum absolute atomic E-state index is 0.0456. The van der Waals surface area contributed by atoms with Gasteiger partial charge in [0.05, 0.1) is 24.3 Å². The number of benzene rings is 2. The standard InChI is InChI=1S/C27H33ClFN5O2/c1-3-33-10-8-24-18(16-33)7-11-34(24)9-4-12-36-26-14-20-23(15-25(26)35-2)30-17-31-27(20)32-19-5-6-22(29)21(28)13-19/h5-6,13-15,17-18,24H,3-4,7-12,16H2,1-2H3,(H,30,31,32). The average molecular weight is 514 g/mol. The Bertz CT molecular complexity index is 1210. The molecule has 7 nitrogen and oxygen atoms in total. The zero-order valence-electron chi connectivity index (χ0n) is 20.8. The Morgan fingerprint density at radius 2 is 2.03 bits per heavy atom. The number of rotatable bonds is 9. The van der Waals surface area contributed by atoms with Crippen LogP contribution >= 0.6 is 11.6 Å². The van der Waals surface area contributed by atoms with E-state index in [4.69, 9.17) is 21.1 Å². The van der Waals surface area contributed by atoms with Crippen LogP contribution in [0.3, 0.4) is 0 Å². The number of nitrogens with one attached hydrogen (secondary N) is 1. The Morgan fingerprint density at radius 1 is 1.14 bits per heavy atom. The molecule has 2 aliphatic heterocycles. The molecule has 5 rings (SSSR count). The molecule has 0 bridgehead atoms. The summed E-state index contributed by atoms with van der Waals surface area (Å²) in [5.41, 5.74) is 1.35. The molecule has 1 N–H and O–H groups in total. The summed E-state index contributed by atoms with van der Waals surface area (Å²) in [6.07, 6.45) is 5.00. The Labute approximate surface area is 216 Å². The number of halogens is 2. The van der Waals surface area contributed by atoms with Crippen molar-refractivity contribution in [2.45, 2.75) is 32.2 Å². The fourth-order valence-electron chi connectivity index (χ4n) is 5.52. The van der Waals surface area contributed by atoms with Gasteiger partial charge in [-0.3, -0.25) is 4.90 Å². The predicted molar refractivity (Wildman–Crippen MR) is 141 cm³/mol. The van der Waals surface area contributed by atoms with E-state index in [1.54, 1.807) is 13.2 Å². The van der Waals surface area contributed by atoms with E-state index in [0.717, 1.165) is 30.8 Å². The Kier molecular flexibility index (Phi) is 7.74. The van der Waals surface area contributed by atoms with Crippen molar-refractivity contribution in [2.75, 3.05) is 51.8 Å². The lowest BCUT2D eigenvalue weighted by molar-refractivity contribution is 0.111. The Hall–Kier alpha value is -2.68. The second-order valence-electron chi connectivity index (χ2n) is 9.53. The highest BCUT2D eigenvalue weighted by Gasteiger charge is 2.37. The molecule has 36 heavy (non-hydrogen) atoms. The van der Waals surface area contributed by atoms with E-state index in [1.807, 2.05) is 12.1 Å². The summed E-state index contributed by atoms with van der Waals surface area (Å²) in [6, 6.07) is 8.93. The Morgan fingerprint density at radius 3 is 2.83 bits per heavy atom. The molecule has 0 saturated carbocycles. The molecule has 2 saturated heterocycles. The maximum absolute atomic E-state index is 13.6. The minimum atomic E-state index is -0.467. The van der Waals surface area contributed by atoms with Crippen LogP contribution in [0.2, 0.25) is 5.02 Å². The summed E-state index contributed by atoms with van der Waals surface area (Å²) in [6.45, 7) is 8.70. The van der Waals surface area contributed by atoms with E-state index in [2.05, 4.69) is 32.0 Å². The molecule has 3 heterocycles. The van der Waals surface area contributed by atoms with Crippen molar-refractivity contribution in [2.24, 2.45) is 5.92 Å². The zero-order chi connectivity index (χ0) is 25.1. The molecule has 0 spiro atoms. The van der Waals surface area contributed by atoms with Gasteiger partial charge < -0.3 is 19.7 Å². The van der Waals surface area contributed by atoms with Crippen LogP contribution in [0.4, 0.5) is 15.9 Å². The van der Waals surface area contributed by atoms with Gasteiger partial charge in [0.15, 0.2) is 11.5 Å². The zero-order valence-corrected chi connectivity index (χ0v) is 21.6. The van der Waals surface area contributed by atoms with Crippen LogP contribution < -0.4 is 14.8 Å². The summed E-state index contributed by atoms with van der Waals surface area (Å²) >= 11 is 5.94. The van der Waals surface area contributed by atoms with Crippen LogP contribution in [-0.2, 0) is 0 Å². The maximum Gasteiger partial charge on any atom is 0.162 e. The summed E-state index contributed by atoms with van der Waals surface area (Å²) in [4.78, 5) is 14.0. The molecule has 2 aromatic carbocycles. The summed E-state index contributed by atoms with van der Waals surface area (Å²) in [7, 11) is 1.63. The monoisotopic (exact) mass is 513 g/mol. The number of hydrogen-bond acceptors (Lipinski definition) is 7. The highest BCUT2D eigenvalue weighted by atomic mass is 35.5. The van der Waals surface area contributed by atoms with Crippen molar-refractivity contribution in [3.05, 3.63) is 47.5 Å². The number of fused-ring (bicyclic) bond motifs is 2. The number of ether oxygens (including phenoxy) is 2. The molecule has 2 atom stereocenters. The summed E-state index contributed by atoms with van der Waals surface area (Å²) < 4.78 is 25.3. The van der Waals surface area contributed by atoms with E-state index < -0.39 is 5.82 Å². The third-order valence-electron chi connectivity index (χ3n) is 7.43. The van der Waals surface area contributed by atoms with E-state index in [-0.39, 0.29) is 5.02 Å². The molecule has 0 amide bonds. The normalized spacial score (nSPS) is 20.4. The van der Waals surface area contributed by atoms with Gasteiger partial charge in [-0.2, -0.15) is 0 Å². The second-order valence-corrected chi connectivity index (χ2v) is 9.94. The lowest BCUT2D eigenvalue weighted by Gasteiger charge is -2.37. The van der Waals surface area contributed by atoms with Crippen LogP contribution in [-0.4, -0.2) is 72.3 Å². The fraction of sp³-hybridized carbons (Fsp3) is 0.481. The van der Waals surface area contributed by atoms with Crippen molar-refractivity contribution in [1.82, 2.24) is 19.8 Å². The molecule has 0 radical (unpaired) electrons. The molecule has 2 unspecified atom stereocenters. The quantitative estimate of drug-likeness (QED) is 0.386. The molecule has 192 valence electrons. The van der Waals surface area contributed by atoms with Gasteiger partial charge in [-0.15, -0.1) is 0 Å². The Balaban J connectivity index is 1.25. The minimum Gasteiger partial charge on any atom is -0.493 e. The van der Waals surface area contributed by atoms with Gasteiger partial charge in [-0.05, 0) is 69.1 Å². The molecule has 2 aliphatic rings. The van der Waals surface area contributed by atoms with Gasteiger partial charge >= 0.3 is 0 Å². The van der Waals surface area contributed by atoms with Crippen molar-refractivity contribution >= 4 is 34.0 Å². The van der Waals surface area contributed by atoms with Crippen LogP contribution in [0, 0.1) is 11.7 Å². The number of likely N-dealkylation sites (tertiary alicyclic amines) is 2. The van der Waals surface area contributed by atoms with Gasteiger partial charge in [0, 0.05) is 36.3 Å². The molecule has 0 aliphatic carbocycles. The van der Waals surface area contributed by atoms with Crippen LogP contribution in [0.25, 0.3) is 10.9 Å². The average Bonchev–Trinajstić information content (AvgIpc) is 3.30. The number of methoxy groups -OCH3 is 1. The maximum atomic E-state index is 13.6. The fourth-order valence-corrected chi connectivity index (χ4v) is 5.70. The number of nitrogens with zero attached hydrogens (tertiary/aromatic N) is 4. The summed E-state index contributed by atoms with van der Waals surface area (Å²) in [5.74, 6) is 2.20. The van der Waals surface area contributed by atoms with E-state index in [0.29, 0.717) is 41.2 Å². The second kappa shape index (κ2) is 11.2. The van der Waals surface area contributed by atoms with Crippen molar-refractivity contribution in [3.8, 4) is 11.5 Å². The first-order chi connectivity index (χ1) is 17.6. The lowest BCUT2D eigenvalue weighted by Crippen LogP contribution is -2.46. The van der Waals surface area contributed by atoms with E-state index in [1.165, 1.54) is 50.9 Å². The summed E-state index contributed by atoms with van der Waals surface area (Å²) in [5, 5.41) is 4.03. The number of aromatic nitrogens is 2. The van der Waals surface area contributed by atoms with Gasteiger partial charge in [0.2, 0.25) is 0 Å². The van der Waals surface area contributed by atoms with Crippen LogP contribution in [0.1, 0.15) is 26.2 Å². The molecular weight excluding hydrogens is 481 g/mol. The third kappa shape index (κ3) is 5.36. The highest BCUT2D eigenvalue weighted by molar-refractivity contribution is 6.31. The molecule has 2 fully saturated rings. The largest absolute Gasteiger partial charge is 0.493 e.